The number of hydrogen-bond acceptors (Lipinski definition) is 4. The minimum absolute atomic E-state index is 0.212. The average molecular weight is 460 g/mol. The monoisotopic (exact) mass is 459 g/mol. The van der Waals surface area contributed by atoms with E-state index in [1.165, 1.54) is 23.5 Å². The van der Waals surface area contributed by atoms with Crippen LogP contribution in [0.2, 0.25) is 0 Å². The van der Waals surface area contributed by atoms with Crippen molar-refractivity contribution in [3.8, 4) is 0 Å². The fourth-order valence-corrected chi connectivity index (χ4v) is 5.81. The summed E-state index contributed by atoms with van der Waals surface area (Å²) in [4.78, 5) is 17.8. The molecule has 166 valence electrons. The molecule has 1 aromatic heterocycles. The van der Waals surface area contributed by atoms with Gasteiger partial charge in [-0.1, -0.05) is 50.2 Å². The average Bonchev–Trinajstić information content (AvgIpc) is 3.09. The number of amides is 1. The van der Waals surface area contributed by atoms with E-state index in [2.05, 4.69) is 4.99 Å². The van der Waals surface area contributed by atoms with Gasteiger partial charge in [-0.25, -0.2) is 8.42 Å². The van der Waals surface area contributed by atoms with Crippen LogP contribution in [0.4, 0.5) is 0 Å². The van der Waals surface area contributed by atoms with E-state index in [0.717, 1.165) is 35.9 Å². The predicted octanol–water partition coefficient (Wildman–Crippen LogP) is 4.57. The maximum absolute atomic E-state index is 13.1. The van der Waals surface area contributed by atoms with Crippen molar-refractivity contribution in [1.29, 1.82) is 0 Å². The number of rotatable bonds is 9. The van der Waals surface area contributed by atoms with Gasteiger partial charge >= 0.3 is 0 Å². The molecule has 0 aliphatic rings. The molecule has 0 saturated carbocycles. The van der Waals surface area contributed by atoms with Gasteiger partial charge in [0.25, 0.3) is 5.91 Å². The largest absolute Gasteiger partial charge is 0.319 e. The van der Waals surface area contributed by atoms with Crippen LogP contribution in [-0.4, -0.2) is 36.3 Å². The molecule has 2 aromatic carbocycles. The number of carbonyl (C=O) groups is 1. The highest BCUT2D eigenvalue weighted by Gasteiger charge is 2.23. The smallest absolute Gasteiger partial charge is 0.279 e. The minimum Gasteiger partial charge on any atom is -0.319 e. The lowest BCUT2D eigenvalue weighted by molar-refractivity contribution is 0.0998. The van der Waals surface area contributed by atoms with E-state index in [0.29, 0.717) is 23.5 Å². The van der Waals surface area contributed by atoms with Crippen molar-refractivity contribution in [2.75, 3.05) is 13.1 Å². The SMILES string of the molecule is CCCCN(CCCC)S(=O)(=O)c1ccc(C(=O)N=c2sc3ccccc3n2C)cc1. The topological polar surface area (TPSA) is 71.7 Å². The molecule has 3 aromatic rings. The normalized spacial score (nSPS) is 12.7. The summed E-state index contributed by atoms with van der Waals surface area (Å²) in [5.74, 6) is -0.389. The third kappa shape index (κ3) is 5.31. The standard InChI is InChI=1S/C23H29N3O3S2/c1-4-6-16-26(17-7-5-2)31(28,29)19-14-12-18(13-15-19)22(27)24-23-25(3)20-10-8-9-11-21(20)30-23/h8-15H,4-7,16-17H2,1-3H3. The fourth-order valence-electron chi connectivity index (χ4n) is 3.28. The Labute approximate surface area is 187 Å². The number of unbranched alkanes of at least 4 members (excludes halogenated alkanes) is 2. The molecule has 0 aliphatic carbocycles. The zero-order valence-electron chi connectivity index (χ0n) is 18.2. The Morgan fingerprint density at radius 2 is 1.61 bits per heavy atom. The molecule has 0 atom stereocenters. The molecule has 0 N–H and O–H groups in total. The van der Waals surface area contributed by atoms with Crippen LogP contribution in [0.15, 0.2) is 58.4 Å². The van der Waals surface area contributed by atoms with E-state index in [1.54, 1.807) is 16.4 Å². The van der Waals surface area contributed by atoms with E-state index in [1.807, 2.05) is 49.7 Å². The Kier molecular flexibility index (Phi) is 7.80. The van der Waals surface area contributed by atoms with Crippen molar-refractivity contribution in [2.45, 2.75) is 44.4 Å². The molecule has 0 bridgehead atoms. The van der Waals surface area contributed by atoms with Crippen molar-refractivity contribution in [3.63, 3.8) is 0 Å². The van der Waals surface area contributed by atoms with Crippen LogP contribution in [-0.2, 0) is 17.1 Å². The summed E-state index contributed by atoms with van der Waals surface area (Å²) in [5.41, 5.74) is 1.38. The first-order valence-corrected chi connectivity index (χ1v) is 12.9. The molecule has 0 unspecified atom stereocenters. The Balaban J connectivity index is 1.85. The van der Waals surface area contributed by atoms with Gasteiger partial charge in [0.15, 0.2) is 4.80 Å². The lowest BCUT2D eigenvalue weighted by Crippen LogP contribution is -2.33. The number of fused-ring (bicyclic) bond motifs is 1. The molecule has 1 heterocycles. The second-order valence-electron chi connectivity index (χ2n) is 7.46. The number of sulfonamides is 1. The molecule has 0 spiro atoms. The molecule has 31 heavy (non-hydrogen) atoms. The van der Waals surface area contributed by atoms with Gasteiger partial charge in [-0.15, -0.1) is 0 Å². The summed E-state index contributed by atoms with van der Waals surface area (Å²) in [5, 5.41) is 0. The van der Waals surface area contributed by atoms with Crippen molar-refractivity contribution in [3.05, 3.63) is 58.9 Å². The summed E-state index contributed by atoms with van der Waals surface area (Å²) in [7, 11) is -1.70. The van der Waals surface area contributed by atoms with Gasteiger partial charge in [0, 0.05) is 25.7 Å². The Morgan fingerprint density at radius 3 is 2.19 bits per heavy atom. The molecular formula is C23H29N3O3S2. The minimum atomic E-state index is -3.58. The lowest BCUT2D eigenvalue weighted by atomic mass is 10.2. The van der Waals surface area contributed by atoms with Crippen molar-refractivity contribution < 1.29 is 13.2 Å². The number of hydrogen-bond donors (Lipinski definition) is 0. The van der Waals surface area contributed by atoms with E-state index >= 15 is 0 Å². The van der Waals surface area contributed by atoms with E-state index in [9.17, 15) is 13.2 Å². The predicted molar refractivity (Wildman–Crippen MR) is 126 cm³/mol. The van der Waals surface area contributed by atoms with Crippen LogP contribution >= 0.6 is 11.3 Å². The third-order valence-corrected chi connectivity index (χ3v) is 8.20. The second-order valence-corrected chi connectivity index (χ2v) is 10.4. The highest BCUT2D eigenvalue weighted by atomic mass is 32.2. The Morgan fingerprint density at radius 1 is 1.00 bits per heavy atom. The number of thiazole rings is 1. The van der Waals surface area contributed by atoms with Gasteiger partial charge in [0.1, 0.15) is 0 Å². The first-order valence-electron chi connectivity index (χ1n) is 10.6. The van der Waals surface area contributed by atoms with Crippen LogP contribution in [0, 0.1) is 0 Å². The lowest BCUT2D eigenvalue weighted by Gasteiger charge is -2.22. The number of aryl methyl sites for hydroxylation is 1. The molecule has 3 rings (SSSR count). The Bertz CT molecular complexity index is 1200. The molecule has 0 radical (unpaired) electrons. The maximum Gasteiger partial charge on any atom is 0.279 e. The number of nitrogens with zero attached hydrogens (tertiary/aromatic N) is 3. The van der Waals surface area contributed by atoms with E-state index < -0.39 is 10.0 Å². The van der Waals surface area contributed by atoms with Gasteiger partial charge in [0.05, 0.1) is 15.1 Å². The van der Waals surface area contributed by atoms with Gasteiger partial charge in [-0.2, -0.15) is 9.30 Å². The van der Waals surface area contributed by atoms with Crippen LogP contribution < -0.4 is 4.80 Å². The zero-order chi connectivity index (χ0) is 22.4. The van der Waals surface area contributed by atoms with Crippen molar-refractivity contribution >= 4 is 37.5 Å². The van der Waals surface area contributed by atoms with E-state index in [4.69, 9.17) is 0 Å². The van der Waals surface area contributed by atoms with Crippen molar-refractivity contribution in [2.24, 2.45) is 12.0 Å². The van der Waals surface area contributed by atoms with Crippen LogP contribution in [0.1, 0.15) is 49.9 Å². The van der Waals surface area contributed by atoms with Gasteiger partial charge < -0.3 is 4.57 Å². The molecule has 0 fully saturated rings. The Hall–Kier alpha value is -2.29. The van der Waals surface area contributed by atoms with Crippen LogP contribution in [0.3, 0.4) is 0 Å². The van der Waals surface area contributed by atoms with Crippen molar-refractivity contribution in [1.82, 2.24) is 8.87 Å². The number of para-hydroxylation sites is 1. The van der Waals surface area contributed by atoms with Crippen LogP contribution in [0.25, 0.3) is 10.2 Å². The molecule has 6 nitrogen and oxygen atoms in total. The first-order chi connectivity index (χ1) is 14.9. The molecule has 0 saturated heterocycles. The zero-order valence-corrected chi connectivity index (χ0v) is 19.9. The molecule has 8 heteroatoms. The second kappa shape index (κ2) is 10.3. The maximum atomic E-state index is 13.1. The first kappa shape index (κ1) is 23.4. The quantitative estimate of drug-likeness (QED) is 0.470. The number of aromatic nitrogens is 1. The molecule has 1 amide bonds. The summed E-state index contributed by atoms with van der Waals surface area (Å²) >= 11 is 1.45. The van der Waals surface area contributed by atoms with Gasteiger partial charge in [-0.3, -0.25) is 4.79 Å². The number of benzene rings is 2. The molecular weight excluding hydrogens is 430 g/mol. The summed E-state index contributed by atoms with van der Waals surface area (Å²) in [6.45, 7) is 5.12. The summed E-state index contributed by atoms with van der Waals surface area (Å²) in [6, 6.07) is 14.0. The number of carbonyl (C=O) groups excluding carboxylic acids is 1. The van der Waals surface area contributed by atoms with E-state index in [-0.39, 0.29) is 10.8 Å². The van der Waals surface area contributed by atoms with Gasteiger partial charge in [0.2, 0.25) is 10.0 Å². The molecule has 0 aliphatic heterocycles. The summed E-state index contributed by atoms with van der Waals surface area (Å²) in [6.07, 6.45) is 3.51. The van der Waals surface area contributed by atoms with Crippen LogP contribution in [0.5, 0.6) is 0 Å². The fraction of sp³-hybridized carbons (Fsp3) is 0.391. The highest BCUT2D eigenvalue weighted by Crippen LogP contribution is 2.19. The van der Waals surface area contributed by atoms with Gasteiger partial charge in [-0.05, 0) is 49.2 Å². The summed E-state index contributed by atoms with van der Waals surface area (Å²) < 4.78 is 30.6. The third-order valence-electron chi connectivity index (χ3n) is 5.17. The highest BCUT2D eigenvalue weighted by molar-refractivity contribution is 7.89.